The highest BCUT2D eigenvalue weighted by molar-refractivity contribution is 5.94. The molecule has 2 aliphatic heterocycles. The molecule has 5 aliphatic carbocycles. The number of hydrogen-bond acceptors (Lipinski definition) is 7. The predicted molar refractivity (Wildman–Crippen MR) is 185 cm³/mol. The Morgan fingerprint density at radius 3 is 2.37 bits per heavy atom. The van der Waals surface area contributed by atoms with Gasteiger partial charge in [0.1, 0.15) is 11.6 Å². The highest BCUT2D eigenvalue weighted by atomic mass is 19.1. The molecule has 2 heterocycles. The van der Waals surface area contributed by atoms with E-state index in [9.17, 15) is 18.8 Å². The first-order chi connectivity index (χ1) is 24.6. The van der Waals surface area contributed by atoms with Crippen LogP contribution in [-0.4, -0.2) is 59.6 Å². The third-order valence-corrected chi connectivity index (χ3v) is 12.6. The fourth-order valence-corrected chi connectivity index (χ4v) is 10.2. The Bertz CT molecular complexity index is 1590. The standard InChI is InChI=1S/C40H50FN3O7/c1-26-14-18-44(19-15-26)37(47)48-34-12-8-28(9-13-34)30-4-2-16-39(23-30)49-40(51-50-39)31-20-27-21-32(40)25-38(22-27,24-31)43-35(45)5-3-17-42-36(46)29-6-10-33(41)11-7-29/h6-13,26-27,30-32H,2-5,14-25H2,1H3,(H,42,46)(H,43,45)/t27?,30-,31?,32?,38?,39-,40?/m1/s1/i41+0. The van der Waals surface area contributed by atoms with E-state index in [1.165, 1.54) is 29.8 Å². The molecule has 4 atom stereocenters. The van der Waals surface area contributed by atoms with Gasteiger partial charge in [0.05, 0.1) is 0 Å². The van der Waals surface area contributed by atoms with Crippen molar-refractivity contribution in [2.75, 3.05) is 19.6 Å². The number of nitrogens with zero attached hydrogens (tertiary/aromatic N) is 1. The van der Waals surface area contributed by atoms with Gasteiger partial charge < -0.3 is 25.0 Å². The maximum atomic E-state index is 13.2. The van der Waals surface area contributed by atoms with Gasteiger partial charge in [-0.15, -0.1) is 0 Å². The number of benzene rings is 2. The Morgan fingerprint density at radius 1 is 0.922 bits per heavy atom. The van der Waals surface area contributed by atoms with E-state index in [1.54, 1.807) is 4.90 Å². The summed E-state index contributed by atoms with van der Waals surface area (Å²) >= 11 is 0. The Hall–Kier alpha value is -3.54. The summed E-state index contributed by atoms with van der Waals surface area (Å²) in [5.41, 5.74) is 1.30. The second kappa shape index (κ2) is 13.8. The molecule has 11 heteroatoms. The lowest BCUT2D eigenvalue weighted by Crippen LogP contribution is -2.69. The fraction of sp³-hybridized carbons (Fsp3) is 0.625. The molecule has 7 aliphatic rings. The molecular formula is C40H50FN3O7. The van der Waals surface area contributed by atoms with Crippen LogP contribution in [0.15, 0.2) is 48.5 Å². The molecule has 2 N–H and O–H groups in total. The summed E-state index contributed by atoms with van der Waals surface area (Å²) < 4.78 is 25.9. The van der Waals surface area contributed by atoms with Crippen LogP contribution in [0.2, 0.25) is 0 Å². The quantitative estimate of drug-likeness (QED) is 0.225. The average Bonchev–Trinajstić information content (AvgIpc) is 3.48. The Balaban J connectivity index is 0.845. The second-order valence-corrected chi connectivity index (χ2v) is 16.3. The zero-order valence-electron chi connectivity index (χ0n) is 29.5. The summed E-state index contributed by atoms with van der Waals surface area (Å²) in [4.78, 5) is 52.6. The molecule has 7 fully saturated rings. The lowest BCUT2D eigenvalue weighted by atomic mass is 9.50. The lowest BCUT2D eigenvalue weighted by molar-refractivity contribution is -0.391. The average molecular weight is 704 g/mol. The molecule has 2 aromatic carbocycles. The molecule has 2 spiro atoms. The van der Waals surface area contributed by atoms with Gasteiger partial charge in [0.25, 0.3) is 5.91 Å². The first kappa shape index (κ1) is 34.5. The summed E-state index contributed by atoms with van der Waals surface area (Å²) in [7, 11) is 0. The summed E-state index contributed by atoms with van der Waals surface area (Å²) in [6.07, 6.45) is 10.6. The Kier molecular flexibility index (Phi) is 9.34. The number of carbonyl (C=O) groups excluding carboxylic acids is 3. The number of rotatable bonds is 8. The van der Waals surface area contributed by atoms with Gasteiger partial charge in [-0.05, 0) is 124 Å². The van der Waals surface area contributed by atoms with Crippen molar-refractivity contribution in [3.8, 4) is 5.75 Å². The van der Waals surface area contributed by atoms with Crippen molar-refractivity contribution >= 4 is 17.9 Å². The van der Waals surface area contributed by atoms with E-state index in [2.05, 4.69) is 29.7 Å². The Labute approximate surface area is 299 Å². The molecule has 9 rings (SSSR count). The van der Waals surface area contributed by atoms with Crippen LogP contribution in [0.5, 0.6) is 5.75 Å². The molecule has 10 nitrogen and oxygen atoms in total. The largest absolute Gasteiger partial charge is 0.415 e. The van der Waals surface area contributed by atoms with Gasteiger partial charge in [-0.25, -0.2) is 9.18 Å². The molecular weight excluding hydrogens is 653 g/mol. The van der Waals surface area contributed by atoms with E-state index in [-0.39, 0.29) is 47.0 Å². The van der Waals surface area contributed by atoms with Crippen molar-refractivity contribution in [2.45, 2.75) is 113 Å². The minimum atomic E-state index is -0.802. The molecule has 5 saturated carbocycles. The van der Waals surface area contributed by atoms with E-state index in [1.807, 2.05) is 12.1 Å². The smallest absolute Gasteiger partial charge is 0.410 e. The normalized spacial score (nSPS) is 34.2. The zero-order chi connectivity index (χ0) is 35.2. The van der Waals surface area contributed by atoms with Gasteiger partial charge in [0.2, 0.25) is 17.5 Å². The number of amides is 3. The van der Waals surface area contributed by atoms with Gasteiger partial charge in [0.15, 0.2) is 0 Å². The third kappa shape index (κ3) is 7.01. The number of piperidine rings is 1. The van der Waals surface area contributed by atoms with Crippen LogP contribution in [0, 0.1) is 29.5 Å². The summed E-state index contributed by atoms with van der Waals surface area (Å²) in [5.74, 6) is -0.0338. The van der Waals surface area contributed by atoms with Crippen LogP contribution < -0.4 is 15.4 Å². The van der Waals surface area contributed by atoms with Crippen LogP contribution in [0.4, 0.5) is 9.18 Å². The summed E-state index contributed by atoms with van der Waals surface area (Å²) in [5, 5.41) is 6.24. The van der Waals surface area contributed by atoms with Crippen molar-refractivity contribution in [1.29, 1.82) is 0 Å². The van der Waals surface area contributed by atoms with Gasteiger partial charge in [-0.2, -0.15) is 9.78 Å². The Morgan fingerprint density at radius 2 is 1.65 bits per heavy atom. The number of nitrogens with one attached hydrogen (secondary N) is 2. The number of ether oxygens (including phenoxy) is 2. The van der Waals surface area contributed by atoms with E-state index in [4.69, 9.17) is 19.2 Å². The van der Waals surface area contributed by atoms with Crippen LogP contribution in [0.1, 0.15) is 112 Å². The van der Waals surface area contributed by atoms with Crippen LogP contribution >= 0.6 is 0 Å². The van der Waals surface area contributed by atoms with Crippen LogP contribution in [-0.2, 0) is 19.3 Å². The number of carbonyl (C=O) groups is 3. The molecule has 2 aromatic rings. The molecule has 0 aromatic heterocycles. The molecule has 4 bridgehead atoms. The molecule has 2 unspecified atom stereocenters. The third-order valence-electron chi connectivity index (χ3n) is 12.6. The van der Waals surface area contributed by atoms with Crippen LogP contribution in [0.3, 0.4) is 0 Å². The number of halogens is 1. The fourth-order valence-electron chi connectivity index (χ4n) is 10.2. The van der Waals surface area contributed by atoms with E-state index < -0.39 is 11.6 Å². The second-order valence-electron chi connectivity index (χ2n) is 16.3. The van der Waals surface area contributed by atoms with Crippen molar-refractivity contribution in [2.24, 2.45) is 23.7 Å². The minimum Gasteiger partial charge on any atom is -0.410 e. The molecule has 51 heavy (non-hydrogen) atoms. The minimum absolute atomic E-state index is 0.0000424. The van der Waals surface area contributed by atoms with Crippen molar-refractivity contribution in [1.82, 2.24) is 15.5 Å². The number of likely N-dealkylation sites (tertiary alicyclic amines) is 1. The van der Waals surface area contributed by atoms with E-state index >= 15 is 0 Å². The molecule has 2 saturated heterocycles. The topological polar surface area (TPSA) is 115 Å². The lowest BCUT2D eigenvalue weighted by Gasteiger charge is -2.62. The highest BCUT2D eigenvalue weighted by Crippen LogP contribution is 2.65. The molecule has 3 amide bonds. The zero-order valence-corrected chi connectivity index (χ0v) is 29.5. The highest BCUT2D eigenvalue weighted by Gasteiger charge is 2.70. The monoisotopic (exact) mass is 703 g/mol. The van der Waals surface area contributed by atoms with Gasteiger partial charge in [-0.3, -0.25) is 9.59 Å². The number of hydrogen-bond donors (Lipinski definition) is 2. The van der Waals surface area contributed by atoms with Crippen molar-refractivity contribution < 1.29 is 38.0 Å². The maximum Gasteiger partial charge on any atom is 0.415 e. The molecule has 0 radical (unpaired) electrons. The van der Waals surface area contributed by atoms with Gasteiger partial charge >= 0.3 is 6.09 Å². The van der Waals surface area contributed by atoms with Gasteiger partial charge in [-0.1, -0.05) is 19.1 Å². The first-order valence-electron chi connectivity index (χ1n) is 19.1. The first-order valence-corrected chi connectivity index (χ1v) is 19.1. The van der Waals surface area contributed by atoms with Gasteiger partial charge in [0, 0.05) is 61.8 Å². The van der Waals surface area contributed by atoms with Crippen molar-refractivity contribution in [3.63, 3.8) is 0 Å². The van der Waals surface area contributed by atoms with Crippen molar-refractivity contribution in [3.05, 3.63) is 65.5 Å². The summed E-state index contributed by atoms with van der Waals surface area (Å²) in [6.45, 7) is 4.08. The van der Waals surface area contributed by atoms with E-state index in [0.717, 1.165) is 77.3 Å². The van der Waals surface area contributed by atoms with E-state index in [0.29, 0.717) is 49.0 Å². The van der Waals surface area contributed by atoms with Crippen LogP contribution in [0.25, 0.3) is 0 Å². The SMILES string of the molecule is CC1CCN(C(=O)Oc2ccc([C@@H]3CCC[C@]4(C3)OOC3(O4)C4CC5CC3CC(NC(=O)CCCNC(=O)c3ccc([19F])cc3)(C5)C4)cc2)CC1. The molecule has 274 valence electrons. The maximum absolute atomic E-state index is 13.2. The predicted octanol–water partition coefficient (Wildman–Crippen LogP) is 6.99. The summed E-state index contributed by atoms with van der Waals surface area (Å²) in [6, 6.07) is 13.3.